The van der Waals surface area contributed by atoms with E-state index in [-0.39, 0.29) is 0 Å². The van der Waals surface area contributed by atoms with Gasteiger partial charge in [0.1, 0.15) is 11.5 Å². The minimum atomic E-state index is 0.764. The first-order chi connectivity index (χ1) is 6.80. The van der Waals surface area contributed by atoms with Crippen LogP contribution in [0.5, 0.6) is 11.5 Å². The lowest BCUT2D eigenvalue weighted by atomic mass is 10.2. The van der Waals surface area contributed by atoms with Gasteiger partial charge in [-0.05, 0) is 23.8 Å². The Kier molecular flexibility index (Phi) is 3.85. The van der Waals surface area contributed by atoms with Crippen molar-refractivity contribution in [3.8, 4) is 11.5 Å². The summed E-state index contributed by atoms with van der Waals surface area (Å²) >= 11 is 0. The summed E-state index contributed by atoms with van der Waals surface area (Å²) in [4.78, 5) is 0. The summed E-state index contributed by atoms with van der Waals surface area (Å²) < 4.78 is 15.1. The normalized spacial score (nSPS) is 10.2. The average Bonchev–Trinajstić information content (AvgIpc) is 2.25. The average molecular weight is 194 g/mol. The van der Waals surface area contributed by atoms with Crippen LogP contribution in [0.15, 0.2) is 24.5 Å². The molecule has 1 aromatic rings. The molecule has 0 aliphatic carbocycles. The molecular formula is C11H14O3. The van der Waals surface area contributed by atoms with E-state index in [0.717, 1.165) is 17.1 Å². The Hall–Kier alpha value is -1.64. The van der Waals surface area contributed by atoms with Crippen LogP contribution in [0.2, 0.25) is 0 Å². The van der Waals surface area contributed by atoms with E-state index >= 15 is 0 Å². The maximum atomic E-state index is 5.12. The minimum Gasteiger partial charge on any atom is -0.504 e. The summed E-state index contributed by atoms with van der Waals surface area (Å²) in [5.41, 5.74) is 0.975. The predicted molar refractivity (Wildman–Crippen MR) is 55.6 cm³/mol. The summed E-state index contributed by atoms with van der Waals surface area (Å²) in [6, 6.07) is 5.63. The maximum absolute atomic E-state index is 5.12. The molecule has 0 atom stereocenters. The Labute approximate surface area is 83.9 Å². The first-order valence-corrected chi connectivity index (χ1v) is 4.22. The molecule has 76 valence electrons. The zero-order valence-corrected chi connectivity index (χ0v) is 8.61. The van der Waals surface area contributed by atoms with Gasteiger partial charge in [0.25, 0.3) is 0 Å². The van der Waals surface area contributed by atoms with Crippen LogP contribution in [0.3, 0.4) is 0 Å². The van der Waals surface area contributed by atoms with Gasteiger partial charge in [0, 0.05) is 6.07 Å². The molecule has 1 aromatic carbocycles. The molecule has 0 aliphatic rings. The van der Waals surface area contributed by atoms with Crippen LogP contribution >= 0.6 is 0 Å². The summed E-state index contributed by atoms with van der Waals surface area (Å²) in [6.45, 7) is 0. The summed E-state index contributed by atoms with van der Waals surface area (Å²) in [5.74, 6) is 1.53. The van der Waals surface area contributed by atoms with Gasteiger partial charge in [0.2, 0.25) is 0 Å². The zero-order chi connectivity index (χ0) is 10.4. The van der Waals surface area contributed by atoms with Crippen LogP contribution in [0, 0.1) is 0 Å². The third-order valence-electron chi connectivity index (χ3n) is 1.77. The first-order valence-electron chi connectivity index (χ1n) is 4.22. The quantitative estimate of drug-likeness (QED) is 0.688. The number of hydrogen-bond donors (Lipinski definition) is 0. The maximum Gasteiger partial charge on any atom is 0.123 e. The van der Waals surface area contributed by atoms with E-state index in [1.807, 2.05) is 24.3 Å². The van der Waals surface area contributed by atoms with Gasteiger partial charge in [0.05, 0.1) is 27.6 Å². The molecule has 14 heavy (non-hydrogen) atoms. The summed E-state index contributed by atoms with van der Waals surface area (Å²) in [7, 11) is 4.85. The zero-order valence-electron chi connectivity index (χ0n) is 8.61. The van der Waals surface area contributed by atoms with E-state index < -0.39 is 0 Å². The molecule has 0 aromatic heterocycles. The fourth-order valence-corrected chi connectivity index (χ4v) is 1.07. The van der Waals surface area contributed by atoms with Gasteiger partial charge in [-0.15, -0.1) is 0 Å². The van der Waals surface area contributed by atoms with E-state index in [4.69, 9.17) is 14.2 Å². The summed E-state index contributed by atoms with van der Waals surface area (Å²) in [6.07, 6.45) is 3.44. The number of ether oxygens (including phenoxy) is 3. The van der Waals surface area contributed by atoms with Gasteiger partial charge < -0.3 is 14.2 Å². The second-order valence-electron chi connectivity index (χ2n) is 2.68. The van der Waals surface area contributed by atoms with E-state index in [9.17, 15) is 0 Å². The van der Waals surface area contributed by atoms with Crippen LogP contribution in [0.4, 0.5) is 0 Å². The topological polar surface area (TPSA) is 27.7 Å². The van der Waals surface area contributed by atoms with Crippen LogP contribution in [0.25, 0.3) is 6.08 Å². The van der Waals surface area contributed by atoms with Crippen molar-refractivity contribution in [3.63, 3.8) is 0 Å². The highest BCUT2D eigenvalue weighted by Crippen LogP contribution is 2.23. The molecule has 0 heterocycles. The number of rotatable bonds is 4. The number of hydrogen-bond acceptors (Lipinski definition) is 3. The monoisotopic (exact) mass is 194 g/mol. The Balaban J connectivity index is 2.98. The number of benzene rings is 1. The Morgan fingerprint density at radius 2 is 1.50 bits per heavy atom. The second kappa shape index (κ2) is 5.17. The van der Waals surface area contributed by atoms with Crippen molar-refractivity contribution >= 4 is 6.08 Å². The van der Waals surface area contributed by atoms with Crippen molar-refractivity contribution in [2.24, 2.45) is 0 Å². The van der Waals surface area contributed by atoms with Crippen molar-refractivity contribution in [2.45, 2.75) is 0 Å². The molecule has 0 bridgehead atoms. The highest BCUT2D eigenvalue weighted by molar-refractivity contribution is 5.54. The van der Waals surface area contributed by atoms with E-state index in [0.29, 0.717) is 0 Å². The predicted octanol–water partition coefficient (Wildman–Crippen LogP) is 2.32. The molecule has 0 fully saturated rings. The molecule has 3 nitrogen and oxygen atoms in total. The van der Waals surface area contributed by atoms with Crippen molar-refractivity contribution in [3.05, 3.63) is 30.0 Å². The van der Waals surface area contributed by atoms with Gasteiger partial charge in [-0.2, -0.15) is 0 Å². The second-order valence-corrected chi connectivity index (χ2v) is 2.68. The molecule has 0 radical (unpaired) electrons. The molecule has 0 spiro atoms. The van der Waals surface area contributed by atoms with Crippen molar-refractivity contribution < 1.29 is 14.2 Å². The molecule has 0 saturated carbocycles. The molecule has 0 aliphatic heterocycles. The Bertz CT molecular complexity index is 296. The molecule has 0 saturated heterocycles. The third kappa shape index (κ3) is 2.69. The molecular weight excluding hydrogens is 180 g/mol. The molecule has 3 heteroatoms. The van der Waals surface area contributed by atoms with Crippen molar-refractivity contribution in [1.82, 2.24) is 0 Å². The lowest BCUT2D eigenvalue weighted by Crippen LogP contribution is -1.88. The summed E-state index contributed by atoms with van der Waals surface area (Å²) in [5, 5.41) is 0. The van der Waals surface area contributed by atoms with E-state index in [1.165, 1.54) is 0 Å². The van der Waals surface area contributed by atoms with Crippen molar-refractivity contribution in [2.75, 3.05) is 21.3 Å². The van der Waals surface area contributed by atoms with Gasteiger partial charge in [-0.1, -0.05) is 0 Å². The Morgan fingerprint density at radius 1 is 0.929 bits per heavy atom. The van der Waals surface area contributed by atoms with Gasteiger partial charge in [-0.25, -0.2) is 0 Å². The standard InChI is InChI=1S/C11H14O3/c1-12-5-4-9-6-10(13-2)8-11(7-9)14-3/h4-8H,1-3H3. The van der Waals surface area contributed by atoms with E-state index in [1.54, 1.807) is 27.6 Å². The highest BCUT2D eigenvalue weighted by atomic mass is 16.5. The van der Waals surface area contributed by atoms with Crippen LogP contribution in [-0.4, -0.2) is 21.3 Å². The van der Waals surface area contributed by atoms with Crippen LogP contribution in [0.1, 0.15) is 5.56 Å². The third-order valence-corrected chi connectivity index (χ3v) is 1.77. The van der Waals surface area contributed by atoms with Gasteiger partial charge in [0.15, 0.2) is 0 Å². The van der Waals surface area contributed by atoms with Crippen LogP contribution < -0.4 is 9.47 Å². The minimum absolute atomic E-state index is 0.764. The SMILES string of the molecule is COC=Cc1cc(OC)cc(OC)c1. The van der Waals surface area contributed by atoms with Gasteiger partial charge >= 0.3 is 0 Å². The largest absolute Gasteiger partial charge is 0.504 e. The fourth-order valence-electron chi connectivity index (χ4n) is 1.07. The van der Waals surface area contributed by atoms with Gasteiger partial charge in [-0.3, -0.25) is 0 Å². The first kappa shape index (κ1) is 10.4. The van der Waals surface area contributed by atoms with Crippen LogP contribution in [-0.2, 0) is 4.74 Å². The fraction of sp³-hybridized carbons (Fsp3) is 0.273. The number of methoxy groups -OCH3 is 3. The highest BCUT2D eigenvalue weighted by Gasteiger charge is 1.98. The molecule has 0 unspecified atom stereocenters. The lowest BCUT2D eigenvalue weighted by Gasteiger charge is -2.05. The molecule has 1 rings (SSSR count). The Morgan fingerprint density at radius 3 is 1.93 bits per heavy atom. The van der Waals surface area contributed by atoms with E-state index in [2.05, 4.69) is 0 Å². The molecule has 0 N–H and O–H groups in total. The lowest BCUT2D eigenvalue weighted by molar-refractivity contribution is 0.341. The molecule has 0 amide bonds. The van der Waals surface area contributed by atoms with Crippen molar-refractivity contribution in [1.29, 1.82) is 0 Å². The smallest absolute Gasteiger partial charge is 0.123 e.